The largest absolute Gasteiger partial charge is 0.481 e. The molecule has 164 valence electrons. The Hall–Kier alpha value is -2.47. The van der Waals surface area contributed by atoms with Crippen molar-refractivity contribution in [3.63, 3.8) is 0 Å². The predicted molar refractivity (Wildman–Crippen MR) is 124 cm³/mol. The average Bonchev–Trinajstić information content (AvgIpc) is 3.30. The number of carboxylic acid groups (broad SMARTS) is 1. The van der Waals surface area contributed by atoms with Crippen LogP contribution in [-0.4, -0.2) is 50.0 Å². The maximum absolute atomic E-state index is 13.7. The van der Waals surface area contributed by atoms with E-state index in [0.717, 1.165) is 29.7 Å². The molecule has 4 rings (SSSR count). The minimum absolute atomic E-state index is 0.00203. The molecule has 4 atom stereocenters. The quantitative estimate of drug-likeness (QED) is 0.433. The highest BCUT2D eigenvalue weighted by atomic mass is 32.2. The van der Waals surface area contributed by atoms with Crippen LogP contribution in [0.1, 0.15) is 49.8 Å². The molecule has 2 aromatic carbocycles. The Morgan fingerprint density at radius 3 is 2.45 bits per heavy atom. The number of benzene rings is 2. The lowest BCUT2D eigenvalue weighted by atomic mass is 9.98. The van der Waals surface area contributed by atoms with E-state index in [1.165, 1.54) is 0 Å². The molecular weight excluding hydrogens is 408 g/mol. The van der Waals surface area contributed by atoms with Gasteiger partial charge in [0, 0.05) is 24.0 Å². The summed E-state index contributed by atoms with van der Waals surface area (Å²) in [6.07, 6.45) is 2.74. The van der Waals surface area contributed by atoms with Crippen LogP contribution < -0.4 is 0 Å². The van der Waals surface area contributed by atoms with Crippen LogP contribution in [-0.2, 0) is 11.3 Å². The van der Waals surface area contributed by atoms with Crippen molar-refractivity contribution < 1.29 is 14.7 Å². The summed E-state index contributed by atoms with van der Waals surface area (Å²) in [7, 11) is 0. The molecule has 2 aromatic rings. The van der Waals surface area contributed by atoms with Crippen LogP contribution >= 0.6 is 11.8 Å². The zero-order valence-electron chi connectivity index (χ0n) is 17.9. The van der Waals surface area contributed by atoms with Crippen LogP contribution in [0.15, 0.2) is 60.7 Å². The smallest absolute Gasteiger partial charge is 0.321 e. The summed E-state index contributed by atoms with van der Waals surface area (Å²) in [6.45, 7) is 2.76. The molecule has 2 fully saturated rings. The number of hydrogen-bond acceptors (Lipinski definition) is 3. The van der Waals surface area contributed by atoms with Gasteiger partial charge in [-0.2, -0.15) is 11.8 Å². The number of thioether (sulfide) groups is 1. The normalized spacial score (nSPS) is 23.8. The van der Waals surface area contributed by atoms with E-state index in [2.05, 4.69) is 41.0 Å². The van der Waals surface area contributed by atoms with Crippen molar-refractivity contribution in [2.24, 2.45) is 0 Å². The number of nitrogens with zero attached hydrogens (tertiary/aromatic N) is 2. The minimum Gasteiger partial charge on any atom is -0.481 e. The first-order valence-electron chi connectivity index (χ1n) is 11.1. The lowest BCUT2D eigenvalue weighted by Crippen LogP contribution is -2.42. The fourth-order valence-corrected chi connectivity index (χ4v) is 6.55. The maximum atomic E-state index is 13.7. The van der Waals surface area contributed by atoms with Gasteiger partial charge in [-0.15, -0.1) is 0 Å². The van der Waals surface area contributed by atoms with E-state index in [1.54, 1.807) is 0 Å². The Morgan fingerprint density at radius 1 is 1.10 bits per heavy atom. The Kier molecular flexibility index (Phi) is 6.86. The Morgan fingerprint density at radius 2 is 1.77 bits per heavy atom. The van der Waals surface area contributed by atoms with E-state index in [1.807, 2.05) is 48.2 Å². The molecule has 2 aliphatic rings. The molecule has 0 spiro atoms. The highest BCUT2D eigenvalue weighted by Crippen LogP contribution is 2.45. The number of carbonyl (C=O) groups is 2. The molecule has 2 aliphatic heterocycles. The molecular formula is C25H30N2O3S. The molecule has 2 amide bonds. The van der Waals surface area contributed by atoms with Gasteiger partial charge in [0.05, 0.1) is 18.1 Å². The van der Waals surface area contributed by atoms with Crippen molar-refractivity contribution >= 4 is 23.8 Å². The van der Waals surface area contributed by atoms with Gasteiger partial charge in [-0.05, 0) is 30.9 Å². The highest BCUT2D eigenvalue weighted by Gasteiger charge is 2.54. The number of rotatable bonds is 9. The third-order valence-electron chi connectivity index (χ3n) is 6.47. The molecule has 0 aromatic heterocycles. The van der Waals surface area contributed by atoms with Crippen molar-refractivity contribution in [3.05, 3.63) is 71.8 Å². The van der Waals surface area contributed by atoms with Gasteiger partial charge in [0.1, 0.15) is 0 Å². The second-order valence-corrected chi connectivity index (χ2v) is 9.73. The van der Waals surface area contributed by atoms with Gasteiger partial charge in [0.15, 0.2) is 0 Å². The molecule has 0 unspecified atom stereocenters. The number of fused-ring (bicyclic) bond motifs is 1. The number of carbonyl (C=O) groups excluding carboxylic acids is 1. The summed E-state index contributed by atoms with van der Waals surface area (Å²) in [5, 5.41) is 9.28. The van der Waals surface area contributed by atoms with Gasteiger partial charge in [-0.1, -0.05) is 67.1 Å². The summed E-state index contributed by atoms with van der Waals surface area (Å²) < 4.78 is 0. The molecule has 2 heterocycles. The van der Waals surface area contributed by atoms with Crippen molar-refractivity contribution in [2.75, 3.05) is 5.75 Å². The van der Waals surface area contributed by atoms with Gasteiger partial charge in [0.25, 0.3) is 0 Å². The molecule has 0 radical (unpaired) electrons. The third kappa shape index (κ3) is 4.74. The van der Waals surface area contributed by atoms with E-state index in [0.29, 0.717) is 18.2 Å². The van der Waals surface area contributed by atoms with Crippen molar-refractivity contribution in [1.82, 2.24) is 9.80 Å². The fourth-order valence-electron chi connectivity index (χ4n) is 4.88. The van der Waals surface area contributed by atoms with E-state index < -0.39 is 5.97 Å². The molecule has 31 heavy (non-hydrogen) atoms. The average molecular weight is 439 g/mol. The van der Waals surface area contributed by atoms with E-state index >= 15 is 0 Å². The number of carboxylic acids is 1. The SMILES string of the molecule is C[C@H](c1ccccc1)N1C(=O)N(Cc2ccccc2)[C@@H]2CS[C@H](CCCCC(=O)O)[C@@H]21. The van der Waals surface area contributed by atoms with E-state index in [4.69, 9.17) is 5.11 Å². The molecule has 6 heteroatoms. The molecule has 0 bridgehead atoms. The Balaban J connectivity index is 1.56. The van der Waals surface area contributed by atoms with Crippen molar-refractivity contribution in [2.45, 2.75) is 62.5 Å². The standard InChI is InChI=1S/C25H30N2O3S/c1-18(20-12-6-3-7-13-20)27-24-21(17-31-22(24)14-8-9-15-23(28)29)26(25(27)30)16-19-10-4-2-5-11-19/h2-7,10-13,18,21-22,24H,8-9,14-17H2,1H3,(H,28,29)/t18-,21-,22-,24-/m1/s1. The Labute approximate surface area is 188 Å². The minimum atomic E-state index is -0.735. The van der Waals surface area contributed by atoms with Gasteiger partial charge < -0.3 is 14.9 Å². The number of hydrogen-bond donors (Lipinski definition) is 1. The topological polar surface area (TPSA) is 60.9 Å². The maximum Gasteiger partial charge on any atom is 0.321 e. The van der Waals surface area contributed by atoms with Gasteiger partial charge in [-0.25, -0.2) is 4.79 Å². The molecule has 0 saturated carbocycles. The second-order valence-electron chi connectivity index (χ2n) is 8.46. The summed E-state index contributed by atoms with van der Waals surface area (Å²) in [5.74, 6) is 0.201. The van der Waals surface area contributed by atoms with Gasteiger partial charge in [0.2, 0.25) is 0 Å². The van der Waals surface area contributed by atoms with Crippen molar-refractivity contribution in [3.8, 4) is 0 Å². The molecule has 1 N–H and O–H groups in total. The lowest BCUT2D eigenvalue weighted by molar-refractivity contribution is -0.137. The van der Waals surface area contributed by atoms with Crippen LogP contribution in [0.4, 0.5) is 4.79 Å². The molecule has 5 nitrogen and oxygen atoms in total. The zero-order chi connectivity index (χ0) is 21.8. The van der Waals surface area contributed by atoms with Crippen LogP contribution in [0.3, 0.4) is 0 Å². The molecule has 0 aliphatic carbocycles. The van der Waals surface area contributed by atoms with Crippen molar-refractivity contribution in [1.29, 1.82) is 0 Å². The summed E-state index contributed by atoms with van der Waals surface area (Å²) >= 11 is 1.94. The highest BCUT2D eigenvalue weighted by molar-refractivity contribution is 8.00. The Bertz CT molecular complexity index is 892. The number of urea groups is 1. The number of amides is 2. The van der Waals surface area contributed by atoms with Crippen LogP contribution in [0.25, 0.3) is 0 Å². The first kappa shape index (κ1) is 21.8. The monoisotopic (exact) mass is 438 g/mol. The van der Waals surface area contributed by atoms with Crippen LogP contribution in [0, 0.1) is 0 Å². The van der Waals surface area contributed by atoms with Crippen LogP contribution in [0.5, 0.6) is 0 Å². The summed E-state index contributed by atoms with van der Waals surface area (Å²) in [4.78, 5) is 28.7. The van der Waals surface area contributed by atoms with Crippen LogP contribution in [0.2, 0.25) is 0 Å². The summed E-state index contributed by atoms with van der Waals surface area (Å²) in [6, 6.07) is 20.9. The zero-order valence-corrected chi connectivity index (χ0v) is 18.7. The van der Waals surface area contributed by atoms with Gasteiger partial charge >= 0.3 is 12.0 Å². The molecule has 2 saturated heterocycles. The first-order valence-corrected chi connectivity index (χ1v) is 12.1. The van der Waals surface area contributed by atoms with Gasteiger partial charge in [-0.3, -0.25) is 4.79 Å². The number of aliphatic carboxylic acids is 1. The number of unbranched alkanes of at least 4 members (excludes halogenated alkanes) is 1. The second kappa shape index (κ2) is 9.77. The third-order valence-corrected chi connectivity index (χ3v) is 7.95. The summed E-state index contributed by atoms with van der Waals surface area (Å²) in [5.41, 5.74) is 2.30. The first-order chi connectivity index (χ1) is 15.1. The fraction of sp³-hybridized carbons (Fsp3) is 0.440. The lowest BCUT2D eigenvalue weighted by Gasteiger charge is -2.32. The van der Waals surface area contributed by atoms with E-state index in [9.17, 15) is 9.59 Å². The van der Waals surface area contributed by atoms with E-state index in [-0.39, 0.29) is 30.6 Å². The predicted octanol–water partition coefficient (Wildman–Crippen LogP) is 5.18.